The fourth-order valence-electron chi connectivity index (χ4n) is 3.15. The molecule has 2 aromatic rings. The second-order valence-electron chi connectivity index (χ2n) is 6.49. The van der Waals surface area contributed by atoms with Gasteiger partial charge < -0.3 is 4.74 Å². The van der Waals surface area contributed by atoms with Gasteiger partial charge in [0.25, 0.3) is 0 Å². The summed E-state index contributed by atoms with van der Waals surface area (Å²) < 4.78 is 45.6. The van der Waals surface area contributed by atoms with E-state index in [1.54, 1.807) is 24.3 Å². The van der Waals surface area contributed by atoms with E-state index >= 15 is 0 Å². The first-order chi connectivity index (χ1) is 13.4. The van der Waals surface area contributed by atoms with E-state index < -0.39 is 27.7 Å². The molecule has 8 heteroatoms. The third-order valence-electron chi connectivity index (χ3n) is 4.75. The van der Waals surface area contributed by atoms with Crippen LogP contribution in [-0.2, 0) is 26.2 Å². The molecule has 1 heterocycles. The van der Waals surface area contributed by atoms with Gasteiger partial charge in [0, 0.05) is 18.7 Å². The number of sulfonamides is 1. The third-order valence-corrected chi connectivity index (χ3v) is 6.68. The van der Waals surface area contributed by atoms with Crippen molar-refractivity contribution >= 4 is 16.0 Å². The average Bonchev–Trinajstić information content (AvgIpc) is 2.72. The van der Waals surface area contributed by atoms with Crippen molar-refractivity contribution in [1.29, 1.82) is 5.26 Å². The Morgan fingerprint density at radius 3 is 2.46 bits per heavy atom. The third kappa shape index (κ3) is 4.21. The predicted molar refractivity (Wildman–Crippen MR) is 98.8 cm³/mol. The van der Waals surface area contributed by atoms with Crippen molar-refractivity contribution < 1.29 is 22.3 Å². The number of nitrogens with zero attached hydrogens (tertiary/aromatic N) is 2. The van der Waals surface area contributed by atoms with Gasteiger partial charge in [0.15, 0.2) is 0 Å². The van der Waals surface area contributed by atoms with E-state index in [1.165, 1.54) is 22.5 Å². The molecule has 0 aromatic heterocycles. The smallest absolute Gasteiger partial charge is 0.309 e. The Labute approximate surface area is 163 Å². The van der Waals surface area contributed by atoms with E-state index in [4.69, 9.17) is 10.00 Å². The number of rotatable bonds is 5. The Morgan fingerprint density at radius 1 is 1.14 bits per heavy atom. The second-order valence-corrected chi connectivity index (χ2v) is 8.39. The van der Waals surface area contributed by atoms with Crippen LogP contribution in [0.2, 0.25) is 0 Å². The average molecular weight is 402 g/mol. The quantitative estimate of drug-likeness (QED) is 0.718. The molecule has 28 heavy (non-hydrogen) atoms. The Morgan fingerprint density at radius 2 is 1.79 bits per heavy atom. The van der Waals surface area contributed by atoms with E-state index in [2.05, 4.69) is 0 Å². The van der Waals surface area contributed by atoms with Crippen molar-refractivity contribution in [3.63, 3.8) is 0 Å². The maximum atomic E-state index is 13.9. The highest BCUT2D eigenvalue weighted by molar-refractivity contribution is 7.89. The van der Waals surface area contributed by atoms with Crippen LogP contribution in [0.4, 0.5) is 4.39 Å². The number of hydrogen-bond donors (Lipinski definition) is 0. The fourth-order valence-corrected chi connectivity index (χ4v) is 4.68. The second kappa shape index (κ2) is 8.50. The lowest BCUT2D eigenvalue weighted by Crippen LogP contribution is -2.40. The number of benzene rings is 2. The minimum Gasteiger partial charge on any atom is -0.461 e. The normalized spacial score (nSPS) is 15.7. The zero-order valence-electron chi connectivity index (χ0n) is 15.0. The van der Waals surface area contributed by atoms with Crippen LogP contribution < -0.4 is 0 Å². The van der Waals surface area contributed by atoms with Gasteiger partial charge in [0.2, 0.25) is 10.0 Å². The maximum absolute atomic E-state index is 13.9. The number of esters is 1. The zero-order chi connectivity index (χ0) is 20.1. The van der Waals surface area contributed by atoms with E-state index in [9.17, 15) is 17.6 Å². The van der Waals surface area contributed by atoms with Gasteiger partial charge >= 0.3 is 5.97 Å². The summed E-state index contributed by atoms with van der Waals surface area (Å²) in [5.74, 6) is -1.64. The van der Waals surface area contributed by atoms with Crippen LogP contribution in [0.15, 0.2) is 53.4 Å². The monoisotopic (exact) mass is 402 g/mol. The van der Waals surface area contributed by atoms with Crippen molar-refractivity contribution in [1.82, 2.24) is 4.31 Å². The maximum Gasteiger partial charge on any atom is 0.309 e. The van der Waals surface area contributed by atoms with Gasteiger partial charge in [-0.3, -0.25) is 4.79 Å². The minimum absolute atomic E-state index is 0.00366. The first-order valence-electron chi connectivity index (χ1n) is 8.83. The van der Waals surface area contributed by atoms with Gasteiger partial charge in [-0.05, 0) is 31.0 Å². The first kappa shape index (κ1) is 20.0. The van der Waals surface area contributed by atoms with Gasteiger partial charge in [-0.2, -0.15) is 9.57 Å². The number of halogens is 1. The van der Waals surface area contributed by atoms with Crippen LogP contribution in [-0.4, -0.2) is 31.8 Å². The SMILES string of the molecule is N#Cc1ccccc1COC(=O)C1CCN(S(=O)(=O)c2ccccc2F)CC1. The molecule has 146 valence electrons. The van der Waals surface area contributed by atoms with Crippen LogP contribution in [0.3, 0.4) is 0 Å². The minimum atomic E-state index is -3.94. The van der Waals surface area contributed by atoms with Gasteiger partial charge in [-0.1, -0.05) is 30.3 Å². The predicted octanol–water partition coefficient (Wildman–Crippen LogP) is 2.84. The summed E-state index contributed by atoms with van der Waals surface area (Å²) in [6.45, 7) is 0.229. The zero-order valence-corrected chi connectivity index (χ0v) is 15.9. The largest absolute Gasteiger partial charge is 0.461 e. The van der Waals surface area contributed by atoms with Crippen LogP contribution >= 0.6 is 0 Å². The van der Waals surface area contributed by atoms with Gasteiger partial charge in [0.1, 0.15) is 17.3 Å². The molecule has 0 N–H and O–H groups in total. The topological polar surface area (TPSA) is 87.5 Å². The molecule has 0 atom stereocenters. The lowest BCUT2D eigenvalue weighted by Gasteiger charge is -2.30. The van der Waals surface area contributed by atoms with E-state index in [-0.39, 0.29) is 24.6 Å². The first-order valence-corrected chi connectivity index (χ1v) is 10.3. The molecule has 1 aliphatic heterocycles. The molecule has 0 radical (unpaired) electrons. The number of carbonyl (C=O) groups excluding carboxylic acids is 1. The van der Waals surface area contributed by atoms with Crippen LogP contribution in [0.25, 0.3) is 0 Å². The summed E-state index contributed by atoms with van der Waals surface area (Å²) in [5.41, 5.74) is 1.07. The summed E-state index contributed by atoms with van der Waals surface area (Å²) in [6, 6.07) is 14.1. The molecule has 0 saturated carbocycles. The van der Waals surface area contributed by atoms with Gasteiger partial charge in [0.05, 0.1) is 17.6 Å². The summed E-state index contributed by atoms with van der Waals surface area (Å²) in [6.07, 6.45) is 0.596. The number of ether oxygens (including phenoxy) is 1. The van der Waals surface area contributed by atoms with Crippen LogP contribution in [0, 0.1) is 23.1 Å². The van der Waals surface area contributed by atoms with Gasteiger partial charge in [-0.15, -0.1) is 0 Å². The number of hydrogen-bond acceptors (Lipinski definition) is 5. The molecular formula is C20H19FN2O4S. The van der Waals surface area contributed by atoms with Crippen molar-refractivity contribution in [3.05, 3.63) is 65.5 Å². The lowest BCUT2D eigenvalue weighted by atomic mass is 9.98. The molecule has 3 rings (SSSR count). The molecule has 0 bridgehead atoms. The molecular weight excluding hydrogens is 383 g/mol. The van der Waals surface area contributed by atoms with Crippen LogP contribution in [0.5, 0.6) is 0 Å². The molecule has 1 aliphatic rings. The van der Waals surface area contributed by atoms with Crippen molar-refractivity contribution in [2.45, 2.75) is 24.3 Å². The van der Waals surface area contributed by atoms with E-state index in [0.29, 0.717) is 24.0 Å². The van der Waals surface area contributed by atoms with E-state index in [0.717, 1.165) is 6.07 Å². The summed E-state index contributed by atoms with van der Waals surface area (Å²) >= 11 is 0. The Bertz CT molecular complexity index is 1010. The highest BCUT2D eigenvalue weighted by Gasteiger charge is 2.34. The molecule has 0 aliphatic carbocycles. The van der Waals surface area contributed by atoms with E-state index in [1.807, 2.05) is 6.07 Å². The standard InChI is InChI=1S/C20H19FN2O4S/c21-18-7-3-4-8-19(18)28(25,26)23-11-9-15(10-12-23)20(24)27-14-17-6-2-1-5-16(17)13-22/h1-8,15H,9-12,14H2. The number of piperidine rings is 1. The Balaban J connectivity index is 1.58. The van der Waals surface area contributed by atoms with Crippen LogP contribution in [0.1, 0.15) is 24.0 Å². The molecule has 1 fully saturated rings. The summed E-state index contributed by atoms with van der Waals surface area (Å²) in [5, 5.41) is 9.07. The molecule has 1 saturated heterocycles. The molecule has 2 aromatic carbocycles. The fraction of sp³-hybridized carbons (Fsp3) is 0.300. The van der Waals surface area contributed by atoms with Crippen molar-refractivity contribution in [2.75, 3.05) is 13.1 Å². The molecule has 0 unspecified atom stereocenters. The Hall–Kier alpha value is -2.76. The molecule has 6 nitrogen and oxygen atoms in total. The highest BCUT2D eigenvalue weighted by atomic mass is 32.2. The number of carbonyl (C=O) groups is 1. The lowest BCUT2D eigenvalue weighted by molar-refractivity contribution is -0.151. The van der Waals surface area contributed by atoms with Crippen molar-refractivity contribution in [2.24, 2.45) is 5.92 Å². The highest BCUT2D eigenvalue weighted by Crippen LogP contribution is 2.26. The number of nitriles is 1. The Kier molecular flexibility index (Phi) is 6.07. The summed E-state index contributed by atoms with van der Waals surface area (Å²) in [4.78, 5) is 12.0. The molecule has 0 amide bonds. The molecule has 0 spiro atoms. The van der Waals surface area contributed by atoms with Crippen molar-refractivity contribution in [3.8, 4) is 6.07 Å². The van der Waals surface area contributed by atoms with Gasteiger partial charge in [-0.25, -0.2) is 12.8 Å². The summed E-state index contributed by atoms with van der Waals surface area (Å²) in [7, 11) is -3.94.